The molecule has 0 radical (unpaired) electrons. The molecule has 0 aromatic heterocycles. The largest absolute Gasteiger partial charge is 0.310 e. The van der Waals surface area contributed by atoms with Gasteiger partial charge in [0.15, 0.2) is 0 Å². The Balaban J connectivity index is 1.88. The van der Waals surface area contributed by atoms with Gasteiger partial charge in [0.25, 0.3) is 0 Å². The Kier molecular flexibility index (Phi) is 5.05. The molecule has 1 N–H and O–H groups in total. The van der Waals surface area contributed by atoms with Crippen molar-refractivity contribution in [3.05, 3.63) is 29.8 Å². The summed E-state index contributed by atoms with van der Waals surface area (Å²) >= 11 is 0. The lowest BCUT2D eigenvalue weighted by Crippen LogP contribution is -2.46. The molecule has 2 nitrogen and oxygen atoms in total. The zero-order chi connectivity index (χ0) is 14.8. The van der Waals surface area contributed by atoms with Crippen LogP contribution in [-0.2, 0) is 6.54 Å². The fourth-order valence-corrected chi connectivity index (χ4v) is 4.20. The molecule has 0 saturated carbocycles. The van der Waals surface area contributed by atoms with Crippen LogP contribution in [0.3, 0.4) is 0 Å². The summed E-state index contributed by atoms with van der Waals surface area (Å²) in [5.74, 6) is 0.745. The summed E-state index contributed by atoms with van der Waals surface area (Å²) in [6.07, 6.45) is 1.27. The van der Waals surface area contributed by atoms with E-state index in [9.17, 15) is 0 Å². The van der Waals surface area contributed by atoms with E-state index in [0.717, 1.165) is 12.5 Å². The predicted octanol–water partition coefficient (Wildman–Crippen LogP) is 2.66. The molecule has 20 heavy (non-hydrogen) atoms. The zero-order valence-corrected chi connectivity index (χ0v) is 14.7. The molecule has 2 unspecified atom stereocenters. The minimum Gasteiger partial charge on any atom is -0.310 e. The number of piperidine rings is 1. The highest BCUT2D eigenvalue weighted by Crippen LogP contribution is 2.16. The van der Waals surface area contributed by atoms with Gasteiger partial charge in [-0.25, -0.2) is 0 Å². The van der Waals surface area contributed by atoms with Crippen molar-refractivity contribution in [2.45, 2.75) is 45.6 Å². The molecule has 0 amide bonds. The highest BCUT2D eigenvalue weighted by atomic mass is 28.3. The quantitative estimate of drug-likeness (QED) is 0.858. The minimum absolute atomic E-state index is 0.669. The normalized spacial score (nSPS) is 24.9. The first kappa shape index (κ1) is 15.7. The lowest BCUT2D eigenvalue weighted by atomic mass is 9.94. The molecule has 1 aliphatic rings. The van der Waals surface area contributed by atoms with Gasteiger partial charge in [0, 0.05) is 19.1 Å². The summed E-state index contributed by atoms with van der Waals surface area (Å²) in [5, 5.41) is 5.30. The van der Waals surface area contributed by atoms with Crippen molar-refractivity contribution in [2.75, 3.05) is 20.1 Å². The molecule has 1 aromatic carbocycles. The van der Waals surface area contributed by atoms with Crippen LogP contribution in [-0.4, -0.2) is 39.2 Å². The molecule has 1 aromatic rings. The van der Waals surface area contributed by atoms with Crippen molar-refractivity contribution in [2.24, 2.45) is 5.92 Å². The number of nitrogens with one attached hydrogen (secondary N) is 1. The van der Waals surface area contributed by atoms with E-state index in [4.69, 9.17) is 0 Å². The summed E-state index contributed by atoms with van der Waals surface area (Å²) in [6.45, 7) is 13.0. The van der Waals surface area contributed by atoms with Crippen molar-refractivity contribution in [1.29, 1.82) is 0 Å². The van der Waals surface area contributed by atoms with Crippen molar-refractivity contribution < 1.29 is 0 Å². The van der Waals surface area contributed by atoms with Crippen LogP contribution in [0, 0.1) is 5.92 Å². The predicted molar refractivity (Wildman–Crippen MR) is 91.3 cm³/mol. The van der Waals surface area contributed by atoms with E-state index < -0.39 is 8.07 Å². The number of hydrogen-bond donors (Lipinski definition) is 1. The molecule has 112 valence electrons. The highest BCUT2D eigenvalue weighted by molar-refractivity contribution is 6.88. The summed E-state index contributed by atoms with van der Waals surface area (Å²) in [6, 6.07) is 9.95. The average Bonchev–Trinajstić information content (AvgIpc) is 2.37. The van der Waals surface area contributed by atoms with Crippen LogP contribution in [0.25, 0.3) is 0 Å². The van der Waals surface area contributed by atoms with Gasteiger partial charge < -0.3 is 10.2 Å². The third-order valence-corrected chi connectivity index (χ3v) is 6.56. The molecule has 0 bridgehead atoms. The summed E-state index contributed by atoms with van der Waals surface area (Å²) in [5.41, 5.74) is 1.41. The molecule has 1 saturated heterocycles. The van der Waals surface area contributed by atoms with Gasteiger partial charge in [0.1, 0.15) is 0 Å². The molecule has 3 heteroatoms. The van der Waals surface area contributed by atoms with E-state index in [1.165, 1.54) is 25.1 Å². The maximum atomic E-state index is 3.75. The monoisotopic (exact) mass is 290 g/mol. The first-order valence-corrected chi connectivity index (χ1v) is 11.4. The first-order valence-electron chi connectivity index (χ1n) is 7.87. The standard InChI is InChI=1S/C17H30N2Si/c1-14-13-19(2)11-10-17(14)18-12-15-6-8-16(9-7-15)20(3,4)5/h6-9,14,17-18H,10-13H2,1-5H3. The number of nitrogens with zero attached hydrogens (tertiary/aromatic N) is 1. The Morgan fingerprint density at radius 2 is 1.85 bits per heavy atom. The van der Waals surface area contributed by atoms with Gasteiger partial charge in [-0.05, 0) is 31.5 Å². The molecule has 2 atom stereocenters. The second kappa shape index (κ2) is 6.42. The summed E-state index contributed by atoms with van der Waals surface area (Å²) in [4.78, 5) is 2.44. The highest BCUT2D eigenvalue weighted by Gasteiger charge is 2.23. The maximum absolute atomic E-state index is 3.75. The van der Waals surface area contributed by atoms with Gasteiger partial charge in [-0.15, -0.1) is 0 Å². The van der Waals surface area contributed by atoms with E-state index in [0.29, 0.717) is 6.04 Å². The van der Waals surface area contributed by atoms with Crippen molar-refractivity contribution in [3.8, 4) is 0 Å². The Hall–Kier alpha value is -0.643. The molecule has 2 rings (SSSR count). The Morgan fingerprint density at radius 1 is 1.20 bits per heavy atom. The van der Waals surface area contributed by atoms with Crippen LogP contribution in [0.4, 0.5) is 0 Å². The third-order valence-electron chi connectivity index (χ3n) is 4.50. The first-order chi connectivity index (χ1) is 9.36. The van der Waals surface area contributed by atoms with Crippen LogP contribution in [0.1, 0.15) is 18.9 Å². The topological polar surface area (TPSA) is 15.3 Å². The van der Waals surface area contributed by atoms with Crippen LogP contribution >= 0.6 is 0 Å². The van der Waals surface area contributed by atoms with Crippen LogP contribution in [0.15, 0.2) is 24.3 Å². The summed E-state index contributed by atoms with van der Waals surface area (Å²) in [7, 11) is 1.07. The number of benzene rings is 1. The van der Waals surface area contributed by atoms with Gasteiger partial charge in [0.2, 0.25) is 0 Å². The molecular formula is C17H30N2Si. The Labute approximate surface area is 125 Å². The smallest absolute Gasteiger partial charge is 0.0775 e. The Bertz CT molecular complexity index is 422. The van der Waals surface area contributed by atoms with E-state index in [2.05, 4.69) is 68.1 Å². The minimum atomic E-state index is -1.16. The number of rotatable bonds is 4. The second-order valence-electron chi connectivity index (χ2n) is 7.46. The van der Waals surface area contributed by atoms with Crippen LogP contribution in [0.5, 0.6) is 0 Å². The number of likely N-dealkylation sites (tertiary alicyclic amines) is 1. The molecule has 1 heterocycles. The lowest BCUT2D eigenvalue weighted by molar-refractivity contribution is 0.174. The average molecular weight is 291 g/mol. The van der Waals surface area contributed by atoms with Gasteiger partial charge in [-0.2, -0.15) is 0 Å². The molecule has 1 aliphatic heterocycles. The van der Waals surface area contributed by atoms with Crippen LogP contribution < -0.4 is 10.5 Å². The molecule has 0 spiro atoms. The maximum Gasteiger partial charge on any atom is 0.0775 e. The van der Waals surface area contributed by atoms with Gasteiger partial charge in [-0.3, -0.25) is 0 Å². The fraction of sp³-hybridized carbons (Fsp3) is 0.647. The van der Waals surface area contributed by atoms with Gasteiger partial charge in [0.05, 0.1) is 8.07 Å². The Morgan fingerprint density at radius 3 is 2.40 bits per heavy atom. The number of hydrogen-bond acceptors (Lipinski definition) is 2. The summed E-state index contributed by atoms with van der Waals surface area (Å²) < 4.78 is 0. The third kappa shape index (κ3) is 4.17. The van der Waals surface area contributed by atoms with Crippen molar-refractivity contribution in [1.82, 2.24) is 10.2 Å². The molecule has 0 aliphatic carbocycles. The van der Waals surface area contributed by atoms with Gasteiger partial charge in [-0.1, -0.05) is 56.0 Å². The molecular weight excluding hydrogens is 260 g/mol. The van der Waals surface area contributed by atoms with Crippen LogP contribution in [0.2, 0.25) is 19.6 Å². The van der Waals surface area contributed by atoms with Gasteiger partial charge >= 0.3 is 0 Å². The SMILES string of the molecule is CC1CN(C)CCC1NCc1ccc([Si](C)(C)C)cc1. The van der Waals surface area contributed by atoms with E-state index in [1.807, 2.05) is 0 Å². The second-order valence-corrected chi connectivity index (χ2v) is 12.5. The van der Waals surface area contributed by atoms with E-state index in [1.54, 1.807) is 5.19 Å². The van der Waals surface area contributed by atoms with Crippen molar-refractivity contribution in [3.63, 3.8) is 0 Å². The van der Waals surface area contributed by atoms with E-state index in [-0.39, 0.29) is 0 Å². The fourth-order valence-electron chi connectivity index (χ4n) is 3.03. The lowest BCUT2D eigenvalue weighted by Gasteiger charge is -2.35. The molecule has 1 fully saturated rings. The zero-order valence-electron chi connectivity index (χ0n) is 13.7. The van der Waals surface area contributed by atoms with E-state index >= 15 is 0 Å². The van der Waals surface area contributed by atoms with Crippen molar-refractivity contribution >= 4 is 13.3 Å².